The largest absolute Gasteiger partial charge is 0.353 e. The number of pyridine rings is 1. The Morgan fingerprint density at radius 2 is 1.97 bits per heavy atom. The van der Waals surface area contributed by atoms with Gasteiger partial charge in [-0.3, -0.25) is 5.10 Å². The Balaban J connectivity index is 1.42. The van der Waals surface area contributed by atoms with E-state index in [4.69, 9.17) is 4.98 Å². The van der Waals surface area contributed by atoms with E-state index in [2.05, 4.69) is 31.3 Å². The summed E-state index contributed by atoms with van der Waals surface area (Å²) in [5.41, 5.74) is 8.21. The van der Waals surface area contributed by atoms with E-state index in [1.165, 1.54) is 17.7 Å². The van der Waals surface area contributed by atoms with Gasteiger partial charge in [0.1, 0.15) is 17.0 Å². The van der Waals surface area contributed by atoms with Gasteiger partial charge >= 0.3 is 0 Å². The lowest BCUT2D eigenvalue weighted by molar-refractivity contribution is 0.586. The monoisotopic (exact) mass is 516 g/mol. The first-order valence-corrected chi connectivity index (χ1v) is 13.8. The van der Waals surface area contributed by atoms with E-state index in [9.17, 15) is 12.8 Å². The average Bonchev–Trinajstić information content (AvgIpc) is 3.51. The number of hydrogen-bond acceptors (Lipinski definition) is 5. The van der Waals surface area contributed by atoms with E-state index in [1.807, 2.05) is 36.4 Å². The van der Waals surface area contributed by atoms with Crippen molar-refractivity contribution in [2.75, 3.05) is 19.3 Å². The van der Waals surface area contributed by atoms with Crippen molar-refractivity contribution >= 4 is 37.5 Å². The molecule has 3 aromatic heterocycles. The van der Waals surface area contributed by atoms with Gasteiger partial charge in [-0.15, -0.1) is 0 Å². The summed E-state index contributed by atoms with van der Waals surface area (Å²) in [6.07, 6.45) is 4.18. The van der Waals surface area contributed by atoms with Crippen LogP contribution in [0.3, 0.4) is 0 Å². The zero-order chi connectivity index (χ0) is 25.6. The number of fused-ring (bicyclic) bond motifs is 2. The van der Waals surface area contributed by atoms with Crippen molar-refractivity contribution in [1.82, 2.24) is 30.2 Å². The van der Waals surface area contributed by atoms with Gasteiger partial charge < -0.3 is 10.3 Å². The van der Waals surface area contributed by atoms with E-state index in [1.54, 1.807) is 6.07 Å². The Morgan fingerprint density at radius 1 is 1.08 bits per heavy atom. The van der Waals surface area contributed by atoms with Gasteiger partial charge in [0.2, 0.25) is 10.0 Å². The molecule has 0 spiro atoms. The van der Waals surface area contributed by atoms with Crippen LogP contribution in [0, 0.1) is 5.82 Å². The molecular weight excluding hydrogens is 491 g/mol. The second kappa shape index (κ2) is 9.22. The van der Waals surface area contributed by atoms with Crippen LogP contribution in [0.1, 0.15) is 17.7 Å². The zero-order valence-electron chi connectivity index (χ0n) is 20.1. The number of nitrogens with one attached hydrogen (secondary N) is 4. The van der Waals surface area contributed by atoms with Crippen molar-refractivity contribution in [3.8, 4) is 22.5 Å². The van der Waals surface area contributed by atoms with E-state index in [0.29, 0.717) is 16.8 Å². The fraction of sp³-hybridized carbons (Fsp3) is 0.185. The third-order valence-electron chi connectivity index (χ3n) is 6.53. The van der Waals surface area contributed by atoms with Gasteiger partial charge in [0.25, 0.3) is 0 Å². The van der Waals surface area contributed by atoms with Gasteiger partial charge in [-0.05, 0) is 77.7 Å². The topological polar surface area (TPSA) is 116 Å². The molecule has 0 saturated heterocycles. The molecule has 6 rings (SSSR count). The second-order valence-electron chi connectivity index (χ2n) is 9.24. The molecule has 0 aliphatic carbocycles. The quantitative estimate of drug-likeness (QED) is 0.268. The highest BCUT2D eigenvalue weighted by Gasteiger charge is 2.17. The minimum absolute atomic E-state index is 0.0116. The molecule has 0 unspecified atom stereocenters. The first kappa shape index (κ1) is 23.5. The highest BCUT2D eigenvalue weighted by atomic mass is 32.2. The number of nitrogens with zero attached hydrogens (tertiary/aromatic N) is 2. The second-order valence-corrected chi connectivity index (χ2v) is 11.1. The lowest BCUT2D eigenvalue weighted by atomic mass is 9.99. The van der Waals surface area contributed by atoms with Gasteiger partial charge in [0.05, 0.1) is 23.2 Å². The van der Waals surface area contributed by atoms with Gasteiger partial charge in [-0.1, -0.05) is 18.2 Å². The summed E-state index contributed by atoms with van der Waals surface area (Å²) in [6.45, 7) is 1.78. The standard InChI is InChI=1S/C27H25FN6O2S/c1-37(35,36)30-15-16-11-18(13-19(28)12-16)20-3-2-4-23-21(20)14-25(31-23)27-26-24(33-34-27)6-5-22(32-26)17-7-9-29-10-8-17/h2-7,11-14,29-31H,8-10,15H2,1H3,(H,33,34). The van der Waals surface area contributed by atoms with Gasteiger partial charge in [0, 0.05) is 24.0 Å². The fourth-order valence-corrected chi connectivity index (χ4v) is 5.21. The number of rotatable bonds is 6. The predicted molar refractivity (Wildman–Crippen MR) is 144 cm³/mol. The normalized spacial score (nSPS) is 14.4. The first-order valence-electron chi connectivity index (χ1n) is 12.0. The summed E-state index contributed by atoms with van der Waals surface area (Å²) in [5.74, 6) is -0.433. The maximum absolute atomic E-state index is 14.5. The third-order valence-corrected chi connectivity index (χ3v) is 7.20. The first-order chi connectivity index (χ1) is 17.8. The lowest BCUT2D eigenvalue weighted by Gasteiger charge is -2.13. The third kappa shape index (κ3) is 4.78. The molecule has 188 valence electrons. The molecule has 0 radical (unpaired) electrons. The summed E-state index contributed by atoms with van der Waals surface area (Å²) in [7, 11) is -3.40. The number of aromatic amines is 2. The Morgan fingerprint density at radius 3 is 2.78 bits per heavy atom. The van der Waals surface area contributed by atoms with Crippen molar-refractivity contribution in [1.29, 1.82) is 0 Å². The van der Waals surface area contributed by atoms with Crippen LogP contribution < -0.4 is 10.0 Å². The number of hydrogen-bond donors (Lipinski definition) is 4. The van der Waals surface area contributed by atoms with Crippen molar-refractivity contribution in [2.24, 2.45) is 0 Å². The van der Waals surface area contributed by atoms with Gasteiger partial charge in [-0.25, -0.2) is 22.5 Å². The van der Waals surface area contributed by atoms with E-state index >= 15 is 0 Å². The zero-order valence-corrected chi connectivity index (χ0v) is 20.9. The Bertz CT molecular complexity index is 1790. The predicted octanol–water partition coefficient (Wildman–Crippen LogP) is 4.34. The minimum Gasteiger partial charge on any atom is -0.353 e. The summed E-state index contributed by atoms with van der Waals surface area (Å²) in [4.78, 5) is 8.38. The molecular formula is C27H25FN6O2S. The molecule has 0 bridgehead atoms. The maximum atomic E-state index is 14.5. The summed E-state index contributed by atoms with van der Waals surface area (Å²) in [6, 6.07) is 16.4. The van der Waals surface area contributed by atoms with Crippen LogP contribution in [0.2, 0.25) is 0 Å². The van der Waals surface area contributed by atoms with Crippen molar-refractivity contribution < 1.29 is 12.8 Å². The van der Waals surface area contributed by atoms with Crippen molar-refractivity contribution in [3.05, 3.63) is 77.7 Å². The SMILES string of the molecule is CS(=O)(=O)NCc1cc(F)cc(-c2cccc3[nH]c(-c4n[nH]c5ccc(C6=CCNCC6)nc45)cc23)c1. The minimum atomic E-state index is -3.40. The van der Waals surface area contributed by atoms with E-state index in [-0.39, 0.29) is 6.54 Å². The number of halogens is 1. The van der Waals surface area contributed by atoms with Crippen LogP contribution in [0.4, 0.5) is 4.39 Å². The molecule has 4 N–H and O–H groups in total. The molecule has 1 aliphatic rings. The summed E-state index contributed by atoms with van der Waals surface area (Å²) < 4.78 is 40.0. The maximum Gasteiger partial charge on any atom is 0.209 e. The van der Waals surface area contributed by atoms with Crippen LogP contribution in [0.15, 0.2) is 60.7 Å². The molecule has 0 atom stereocenters. The molecule has 1 aliphatic heterocycles. The number of sulfonamides is 1. The molecule has 8 nitrogen and oxygen atoms in total. The Kier molecular flexibility index (Phi) is 5.86. The van der Waals surface area contributed by atoms with Crippen LogP contribution in [0.5, 0.6) is 0 Å². The molecule has 0 fully saturated rings. The smallest absolute Gasteiger partial charge is 0.209 e. The molecule has 37 heavy (non-hydrogen) atoms. The molecule has 5 aromatic rings. The van der Waals surface area contributed by atoms with Gasteiger partial charge in [-0.2, -0.15) is 5.10 Å². The van der Waals surface area contributed by atoms with Crippen LogP contribution >= 0.6 is 0 Å². The summed E-state index contributed by atoms with van der Waals surface area (Å²) >= 11 is 0. The number of benzene rings is 2. The molecule has 10 heteroatoms. The lowest BCUT2D eigenvalue weighted by Crippen LogP contribution is -2.21. The van der Waals surface area contributed by atoms with Crippen molar-refractivity contribution in [2.45, 2.75) is 13.0 Å². The van der Waals surface area contributed by atoms with Gasteiger partial charge in [0.15, 0.2) is 0 Å². The highest BCUT2D eigenvalue weighted by molar-refractivity contribution is 7.88. The van der Waals surface area contributed by atoms with Crippen LogP contribution in [-0.4, -0.2) is 47.9 Å². The van der Waals surface area contributed by atoms with Crippen molar-refractivity contribution in [3.63, 3.8) is 0 Å². The van der Waals surface area contributed by atoms with Crippen LogP contribution in [-0.2, 0) is 16.6 Å². The molecule has 0 saturated carbocycles. The summed E-state index contributed by atoms with van der Waals surface area (Å²) in [5, 5.41) is 11.9. The molecule has 2 aromatic carbocycles. The number of aromatic nitrogens is 4. The highest BCUT2D eigenvalue weighted by Crippen LogP contribution is 2.34. The molecule has 4 heterocycles. The Labute approximate surface area is 213 Å². The van der Waals surface area contributed by atoms with E-state index < -0.39 is 15.8 Å². The molecule has 0 amide bonds. The van der Waals surface area contributed by atoms with Crippen LogP contribution in [0.25, 0.3) is 50.0 Å². The Hall–Kier alpha value is -3.86. The fourth-order valence-electron chi connectivity index (χ4n) is 4.78. The average molecular weight is 517 g/mol. The van der Waals surface area contributed by atoms with E-state index in [0.717, 1.165) is 64.7 Å². The number of H-pyrrole nitrogens is 2.